The molecule has 0 heterocycles. The van der Waals surface area contributed by atoms with Crippen LogP contribution in [-0.4, -0.2) is 53.9 Å². The van der Waals surface area contributed by atoms with E-state index in [-0.39, 0.29) is 5.75 Å². The summed E-state index contributed by atoms with van der Waals surface area (Å²) >= 11 is 1.31. The molecular formula is C21H35NO6S2. The largest absolute Gasteiger partial charge is 0.481 e. The standard InChI is InChI=1S/C21H35NO6S2/c1-16(2)7-5-8-17(3)9-6-10-18(4)11-13-29-15-19(21(25)26)22-30(27,28)14-12-20(23)24/h7,9,11,19,22H,5-6,8,10,12-15H2,1-4H3,(H,23,24)(H,25,26)/t19-/m0/s1. The number of hydrogen-bond acceptors (Lipinski definition) is 5. The third-order valence-electron chi connectivity index (χ3n) is 4.16. The van der Waals surface area contributed by atoms with E-state index in [2.05, 4.69) is 37.6 Å². The van der Waals surface area contributed by atoms with Crippen LogP contribution >= 0.6 is 11.8 Å². The van der Waals surface area contributed by atoms with Gasteiger partial charge in [-0.3, -0.25) is 9.59 Å². The molecule has 0 aromatic rings. The van der Waals surface area contributed by atoms with Crippen molar-refractivity contribution in [2.24, 2.45) is 0 Å². The van der Waals surface area contributed by atoms with Gasteiger partial charge >= 0.3 is 11.9 Å². The number of thioether (sulfide) groups is 1. The van der Waals surface area contributed by atoms with E-state index in [4.69, 9.17) is 5.11 Å². The molecule has 0 aliphatic carbocycles. The SMILES string of the molecule is CC(C)=CCCC(C)=CCCC(C)=CCSC[C@H](NS(=O)(=O)CCC(=O)O)C(=O)O. The number of aliphatic carboxylic acids is 2. The van der Waals surface area contributed by atoms with E-state index in [0.29, 0.717) is 5.75 Å². The molecule has 0 rings (SSSR count). The van der Waals surface area contributed by atoms with Gasteiger partial charge in [-0.25, -0.2) is 13.1 Å². The van der Waals surface area contributed by atoms with Gasteiger partial charge in [0.25, 0.3) is 0 Å². The van der Waals surface area contributed by atoms with Gasteiger partial charge in [-0.1, -0.05) is 34.9 Å². The monoisotopic (exact) mass is 461 g/mol. The predicted molar refractivity (Wildman–Crippen MR) is 123 cm³/mol. The summed E-state index contributed by atoms with van der Waals surface area (Å²) in [7, 11) is -3.96. The summed E-state index contributed by atoms with van der Waals surface area (Å²) < 4.78 is 25.7. The summed E-state index contributed by atoms with van der Waals surface area (Å²) in [6, 6.07) is -1.28. The van der Waals surface area contributed by atoms with Crippen molar-refractivity contribution in [2.75, 3.05) is 17.3 Å². The Morgan fingerprint density at radius 2 is 1.50 bits per heavy atom. The first kappa shape index (κ1) is 28.4. The number of carboxylic acids is 2. The molecule has 1 atom stereocenters. The fraction of sp³-hybridized carbons (Fsp3) is 0.619. The number of hydrogen-bond donors (Lipinski definition) is 3. The lowest BCUT2D eigenvalue weighted by atomic mass is 10.1. The summed E-state index contributed by atoms with van der Waals surface area (Å²) in [5.41, 5.74) is 3.90. The Bertz CT molecular complexity index is 749. The highest BCUT2D eigenvalue weighted by molar-refractivity contribution is 7.99. The lowest BCUT2D eigenvalue weighted by Gasteiger charge is -2.13. The molecule has 0 saturated heterocycles. The molecule has 0 aliphatic rings. The first-order chi connectivity index (χ1) is 13.9. The molecule has 0 bridgehead atoms. The van der Waals surface area contributed by atoms with Crippen LogP contribution in [0.3, 0.4) is 0 Å². The van der Waals surface area contributed by atoms with Gasteiger partial charge in [0.05, 0.1) is 12.2 Å². The molecule has 0 aromatic carbocycles. The second-order valence-corrected chi connectivity index (χ2v) is 10.4. The van der Waals surface area contributed by atoms with E-state index in [1.54, 1.807) is 0 Å². The van der Waals surface area contributed by atoms with Crippen LogP contribution in [0, 0.1) is 0 Å². The molecule has 0 spiro atoms. The summed E-state index contributed by atoms with van der Waals surface area (Å²) in [6.45, 7) is 8.35. The van der Waals surface area contributed by atoms with Crippen molar-refractivity contribution in [2.45, 2.75) is 65.8 Å². The molecule has 7 nitrogen and oxygen atoms in total. The molecule has 0 unspecified atom stereocenters. The number of rotatable bonds is 16. The Labute approximate surface area is 184 Å². The quantitative estimate of drug-likeness (QED) is 0.235. The maximum absolute atomic E-state index is 11.8. The van der Waals surface area contributed by atoms with Gasteiger partial charge in [0.1, 0.15) is 6.04 Å². The zero-order valence-electron chi connectivity index (χ0n) is 18.3. The third kappa shape index (κ3) is 16.2. The van der Waals surface area contributed by atoms with Crippen molar-refractivity contribution in [1.82, 2.24) is 4.72 Å². The van der Waals surface area contributed by atoms with Crippen LogP contribution in [0.25, 0.3) is 0 Å². The zero-order valence-corrected chi connectivity index (χ0v) is 19.9. The van der Waals surface area contributed by atoms with Crippen LogP contribution < -0.4 is 4.72 Å². The molecule has 0 amide bonds. The van der Waals surface area contributed by atoms with Crippen molar-refractivity contribution >= 4 is 33.7 Å². The fourth-order valence-corrected chi connectivity index (χ4v) is 4.66. The highest BCUT2D eigenvalue weighted by atomic mass is 32.2. The predicted octanol–water partition coefficient (Wildman–Crippen LogP) is 3.99. The van der Waals surface area contributed by atoms with E-state index in [1.807, 2.05) is 13.0 Å². The Hall–Kier alpha value is -1.58. The lowest BCUT2D eigenvalue weighted by molar-refractivity contribution is -0.138. The van der Waals surface area contributed by atoms with Crippen LogP contribution in [-0.2, 0) is 19.6 Å². The molecule has 0 fully saturated rings. The van der Waals surface area contributed by atoms with Crippen molar-refractivity contribution in [3.05, 3.63) is 34.9 Å². The second-order valence-electron chi connectivity index (χ2n) is 7.47. The summed E-state index contributed by atoms with van der Waals surface area (Å²) in [5, 5.41) is 17.8. The van der Waals surface area contributed by atoms with Crippen LogP contribution in [0.4, 0.5) is 0 Å². The number of sulfonamides is 1. The summed E-state index contributed by atoms with van der Waals surface area (Å²) in [5.74, 6) is -2.53. The number of carboxylic acid groups (broad SMARTS) is 2. The van der Waals surface area contributed by atoms with Crippen molar-refractivity contribution in [3.63, 3.8) is 0 Å². The summed E-state index contributed by atoms with van der Waals surface area (Å²) in [6.07, 6.45) is 9.92. The topological polar surface area (TPSA) is 121 Å². The molecule has 30 heavy (non-hydrogen) atoms. The minimum atomic E-state index is -3.96. The van der Waals surface area contributed by atoms with Gasteiger partial charge in [-0.05, 0) is 53.4 Å². The van der Waals surface area contributed by atoms with Gasteiger partial charge in [-0.15, -0.1) is 0 Å². The molecule has 0 aromatic heterocycles. The molecule has 0 saturated carbocycles. The average molecular weight is 462 g/mol. The van der Waals surface area contributed by atoms with E-state index < -0.39 is 40.2 Å². The Kier molecular flexibility index (Phi) is 14.5. The highest BCUT2D eigenvalue weighted by Crippen LogP contribution is 2.13. The average Bonchev–Trinajstić information content (AvgIpc) is 2.62. The number of allylic oxidation sites excluding steroid dienone is 5. The van der Waals surface area contributed by atoms with Crippen LogP contribution in [0.1, 0.15) is 59.8 Å². The van der Waals surface area contributed by atoms with Gasteiger partial charge in [0.15, 0.2) is 0 Å². The molecular weight excluding hydrogens is 426 g/mol. The number of carbonyl (C=O) groups is 2. The molecule has 3 N–H and O–H groups in total. The Morgan fingerprint density at radius 3 is 2.03 bits per heavy atom. The highest BCUT2D eigenvalue weighted by Gasteiger charge is 2.24. The summed E-state index contributed by atoms with van der Waals surface area (Å²) in [4.78, 5) is 21.8. The van der Waals surface area contributed by atoms with E-state index in [9.17, 15) is 23.1 Å². The first-order valence-corrected chi connectivity index (χ1v) is 12.7. The van der Waals surface area contributed by atoms with Gasteiger partial charge < -0.3 is 10.2 Å². The van der Waals surface area contributed by atoms with Crippen LogP contribution in [0.15, 0.2) is 34.9 Å². The Morgan fingerprint density at radius 1 is 0.933 bits per heavy atom. The van der Waals surface area contributed by atoms with Gasteiger partial charge in [-0.2, -0.15) is 11.8 Å². The maximum Gasteiger partial charge on any atom is 0.322 e. The van der Waals surface area contributed by atoms with Gasteiger partial charge in [0.2, 0.25) is 10.0 Å². The normalized spacial score (nSPS) is 13.7. The van der Waals surface area contributed by atoms with Crippen LogP contribution in [0.5, 0.6) is 0 Å². The minimum Gasteiger partial charge on any atom is -0.481 e. The zero-order chi connectivity index (χ0) is 23.2. The fourth-order valence-electron chi connectivity index (χ4n) is 2.38. The Balaban J connectivity index is 4.36. The smallest absolute Gasteiger partial charge is 0.322 e. The van der Waals surface area contributed by atoms with E-state index in [1.165, 1.54) is 28.5 Å². The number of nitrogens with one attached hydrogen (secondary N) is 1. The van der Waals surface area contributed by atoms with Crippen LogP contribution in [0.2, 0.25) is 0 Å². The van der Waals surface area contributed by atoms with Crippen molar-refractivity contribution < 1.29 is 28.2 Å². The second kappa shape index (κ2) is 15.3. The maximum atomic E-state index is 11.8. The first-order valence-electron chi connectivity index (χ1n) is 9.90. The lowest BCUT2D eigenvalue weighted by Crippen LogP contribution is -2.43. The molecule has 0 radical (unpaired) electrons. The molecule has 172 valence electrons. The van der Waals surface area contributed by atoms with E-state index >= 15 is 0 Å². The third-order valence-corrected chi connectivity index (χ3v) is 6.52. The molecule has 0 aliphatic heterocycles. The van der Waals surface area contributed by atoms with E-state index in [0.717, 1.165) is 25.7 Å². The minimum absolute atomic E-state index is 0.0643. The van der Waals surface area contributed by atoms with Gasteiger partial charge in [0, 0.05) is 11.5 Å². The van der Waals surface area contributed by atoms with Crippen molar-refractivity contribution in [1.29, 1.82) is 0 Å². The molecule has 9 heteroatoms. The van der Waals surface area contributed by atoms with Crippen molar-refractivity contribution in [3.8, 4) is 0 Å².